The normalized spacial score (nSPS) is 27.1. The highest BCUT2D eigenvalue weighted by Gasteiger charge is 2.40. The number of likely N-dealkylation sites (tertiary alicyclic amines) is 1. The monoisotopic (exact) mass is 317 g/mol. The molecule has 3 aliphatic rings. The van der Waals surface area contributed by atoms with Gasteiger partial charge in [0.15, 0.2) is 5.66 Å². The van der Waals surface area contributed by atoms with E-state index < -0.39 is 0 Å². The van der Waals surface area contributed by atoms with E-state index in [4.69, 9.17) is 6.42 Å². The van der Waals surface area contributed by atoms with Crippen molar-refractivity contribution in [3.8, 4) is 12.3 Å². The van der Waals surface area contributed by atoms with E-state index in [2.05, 4.69) is 33.0 Å². The second-order valence-corrected chi connectivity index (χ2v) is 7.01. The molecule has 0 aliphatic carbocycles. The van der Waals surface area contributed by atoms with Gasteiger partial charge < -0.3 is 9.80 Å². The van der Waals surface area contributed by atoms with Crippen LogP contribution in [0.4, 0.5) is 0 Å². The standard InChI is InChI=1S/C17H27N5O/c1-3-4-7-17(18-19-17)8-5-16(23)22-9-6-15(14-22)21-12-10-20(2)11-13-21/h1,15H,4-14H2,2H3. The summed E-state index contributed by atoms with van der Waals surface area (Å²) in [6, 6.07) is 0.540. The van der Waals surface area contributed by atoms with E-state index in [1.165, 1.54) is 0 Å². The molecule has 3 heterocycles. The van der Waals surface area contributed by atoms with Gasteiger partial charge in [-0.05, 0) is 13.5 Å². The molecule has 0 radical (unpaired) electrons. The number of likely N-dealkylation sites (N-methyl/N-ethyl adjacent to an activating group) is 1. The fraction of sp³-hybridized carbons (Fsp3) is 0.824. The van der Waals surface area contributed by atoms with Crippen LogP contribution in [0.15, 0.2) is 10.2 Å². The fourth-order valence-electron chi connectivity index (χ4n) is 3.59. The summed E-state index contributed by atoms with van der Waals surface area (Å²) in [5, 5.41) is 8.22. The van der Waals surface area contributed by atoms with Gasteiger partial charge in [0, 0.05) is 71.0 Å². The Morgan fingerprint density at radius 1 is 1.22 bits per heavy atom. The highest BCUT2D eigenvalue weighted by molar-refractivity contribution is 5.76. The predicted molar refractivity (Wildman–Crippen MR) is 88.9 cm³/mol. The third-order valence-corrected chi connectivity index (χ3v) is 5.36. The second kappa shape index (κ2) is 6.98. The lowest BCUT2D eigenvalue weighted by Gasteiger charge is -2.36. The molecule has 6 heteroatoms. The van der Waals surface area contributed by atoms with Crippen LogP contribution in [0.1, 0.15) is 32.1 Å². The quantitative estimate of drug-likeness (QED) is 0.692. The number of carbonyl (C=O) groups is 1. The van der Waals surface area contributed by atoms with Crippen molar-refractivity contribution >= 4 is 5.91 Å². The molecule has 1 unspecified atom stereocenters. The van der Waals surface area contributed by atoms with E-state index in [-0.39, 0.29) is 11.6 Å². The predicted octanol–water partition coefficient (Wildman–Crippen LogP) is 1.19. The zero-order valence-electron chi connectivity index (χ0n) is 14.1. The number of nitrogens with zero attached hydrogens (tertiary/aromatic N) is 5. The van der Waals surface area contributed by atoms with Crippen LogP contribution in [-0.4, -0.2) is 78.6 Å². The van der Waals surface area contributed by atoms with Gasteiger partial charge in [0.05, 0.1) is 0 Å². The van der Waals surface area contributed by atoms with Crippen LogP contribution >= 0.6 is 0 Å². The maximum atomic E-state index is 12.4. The SMILES string of the molecule is C#CCCC1(CCC(=O)N2CCC(N3CCN(C)CC3)C2)N=N1. The van der Waals surface area contributed by atoms with Gasteiger partial charge in [0.1, 0.15) is 0 Å². The lowest BCUT2D eigenvalue weighted by Crippen LogP contribution is -2.50. The summed E-state index contributed by atoms with van der Waals surface area (Å²) in [6.45, 7) is 6.28. The molecule has 0 aromatic heterocycles. The van der Waals surface area contributed by atoms with E-state index in [1.807, 2.05) is 4.90 Å². The van der Waals surface area contributed by atoms with Gasteiger partial charge in [-0.15, -0.1) is 12.3 Å². The lowest BCUT2D eigenvalue weighted by atomic mass is 10.0. The van der Waals surface area contributed by atoms with Crippen molar-refractivity contribution in [3.05, 3.63) is 0 Å². The number of piperazine rings is 1. The van der Waals surface area contributed by atoms with Gasteiger partial charge in [-0.1, -0.05) is 0 Å². The average molecular weight is 317 g/mol. The van der Waals surface area contributed by atoms with Crippen molar-refractivity contribution in [1.82, 2.24) is 14.7 Å². The fourth-order valence-corrected chi connectivity index (χ4v) is 3.59. The van der Waals surface area contributed by atoms with Crippen LogP contribution in [0.2, 0.25) is 0 Å². The molecule has 0 spiro atoms. The van der Waals surface area contributed by atoms with Crippen LogP contribution < -0.4 is 0 Å². The second-order valence-electron chi connectivity index (χ2n) is 7.01. The molecule has 0 N–H and O–H groups in total. The zero-order chi connectivity index (χ0) is 16.3. The van der Waals surface area contributed by atoms with E-state index >= 15 is 0 Å². The molecule has 6 nitrogen and oxygen atoms in total. The van der Waals surface area contributed by atoms with Crippen LogP contribution in [0.3, 0.4) is 0 Å². The molecule has 126 valence electrons. The molecule has 23 heavy (non-hydrogen) atoms. The van der Waals surface area contributed by atoms with Crippen molar-refractivity contribution in [2.75, 3.05) is 46.3 Å². The molecule has 0 aromatic carbocycles. The van der Waals surface area contributed by atoms with Crippen LogP contribution in [0.25, 0.3) is 0 Å². The smallest absolute Gasteiger partial charge is 0.222 e. The zero-order valence-corrected chi connectivity index (χ0v) is 14.1. The van der Waals surface area contributed by atoms with Gasteiger partial charge in [0.25, 0.3) is 0 Å². The summed E-state index contributed by atoms with van der Waals surface area (Å²) < 4.78 is 0. The highest BCUT2D eigenvalue weighted by atomic mass is 16.2. The third kappa shape index (κ3) is 4.10. The Morgan fingerprint density at radius 2 is 1.96 bits per heavy atom. The summed E-state index contributed by atoms with van der Waals surface area (Å²) in [5.74, 6) is 2.88. The molecular weight excluding hydrogens is 290 g/mol. The average Bonchev–Trinajstić information content (AvgIpc) is 3.16. The summed E-state index contributed by atoms with van der Waals surface area (Å²) in [4.78, 5) is 19.4. The summed E-state index contributed by atoms with van der Waals surface area (Å²) in [5.41, 5.74) is -0.335. The van der Waals surface area contributed by atoms with E-state index in [9.17, 15) is 4.79 Å². The Labute approximate surface area is 138 Å². The Balaban J connectivity index is 1.40. The van der Waals surface area contributed by atoms with Crippen LogP contribution in [0, 0.1) is 12.3 Å². The maximum Gasteiger partial charge on any atom is 0.222 e. The van der Waals surface area contributed by atoms with Crippen LogP contribution in [-0.2, 0) is 4.79 Å². The molecular formula is C17H27N5O. The van der Waals surface area contributed by atoms with Gasteiger partial charge in [0.2, 0.25) is 5.91 Å². The van der Waals surface area contributed by atoms with E-state index in [1.54, 1.807) is 0 Å². The molecule has 1 atom stereocenters. The van der Waals surface area contributed by atoms with E-state index in [0.717, 1.165) is 52.1 Å². The molecule has 3 aliphatic heterocycles. The lowest BCUT2D eigenvalue weighted by molar-refractivity contribution is -0.130. The number of hydrogen-bond acceptors (Lipinski definition) is 5. The van der Waals surface area contributed by atoms with E-state index in [0.29, 0.717) is 25.3 Å². The molecule has 3 rings (SSSR count). The number of rotatable bonds is 6. The first-order chi connectivity index (χ1) is 11.1. The van der Waals surface area contributed by atoms with Gasteiger partial charge in [-0.2, -0.15) is 10.2 Å². The third-order valence-electron chi connectivity index (χ3n) is 5.36. The minimum atomic E-state index is -0.335. The van der Waals surface area contributed by atoms with Crippen LogP contribution in [0.5, 0.6) is 0 Å². The van der Waals surface area contributed by atoms with Crippen molar-refractivity contribution in [1.29, 1.82) is 0 Å². The van der Waals surface area contributed by atoms with Gasteiger partial charge >= 0.3 is 0 Å². The first kappa shape index (κ1) is 16.4. The molecule has 0 aromatic rings. The van der Waals surface area contributed by atoms with Crippen molar-refractivity contribution in [2.24, 2.45) is 10.2 Å². The van der Waals surface area contributed by atoms with Crippen molar-refractivity contribution in [2.45, 2.75) is 43.8 Å². The molecule has 2 saturated heterocycles. The highest BCUT2D eigenvalue weighted by Crippen LogP contribution is 2.37. The summed E-state index contributed by atoms with van der Waals surface area (Å²) in [6.07, 6.45) is 9.10. The number of carbonyl (C=O) groups excluding carboxylic acids is 1. The number of terminal acetylenes is 1. The van der Waals surface area contributed by atoms with Gasteiger partial charge in [-0.3, -0.25) is 9.69 Å². The Hall–Kier alpha value is -1.45. The first-order valence-electron chi connectivity index (χ1n) is 8.70. The maximum absolute atomic E-state index is 12.4. The minimum Gasteiger partial charge on any atom is -0.341 e. The molecule has 0 bridgehead atoms. The Bertz CT molecular complexity index is 498. The Morgan fingerprint density at radius 3 is 2.61 bits per heavy atom. The van der Waals surface area contributed by atoms with Crippen molar-refractivity contribution in [3.63, 3.8) is 0 Å². The topological polar surface area (TPSA) is 51.5 Å². The Kier molecular flexibility index (Phi) is 4.98. The summed E-state index contributed by atoms with van der Waals surface area (Å²) >= 11 is 0. The first-order valence-corrected chi connectivity index (χ1v) is 8.70. The number of hydrogen-bond donors (Lipinski definition) is 0. The molecule has 0 saturated carbocycles. The summed E-state index contributed by atoms with van der Waals surface area (Å²) in [7, 11) is 2.17. The number of amides is 1. The minimum absolute atomic E-state index is 0.249. The van der Waals surface area contributed by atoms with Gasteiger partial charge in [-0.25, -0.2) is 0 Å². The van der Waals surface area contributed by atoms with Crippen molar-refractivity contribution < 1.29 is 4.79 Å². The molecule has 1 amide bonds. The largest absolute Gasteiger partial charge is 0.341 e. The molecule has 2 fully saturated rings.